The number of hydrogen-bond acceptors (Lipinski definition) is 1. The predicted molar refractivity (Wildman–Crippen MR) is 113 cm³/mol. The van der Waals surface area contributed by atoms with Crippen molar-refractivity contribution in [3.05, 3.63) is 92.2 Å². The van der Waals surface area contributed by atoms with Crippen molar-refractivity contribution in [3.8, 4) is 0 Å². The van der Waals surface area contributed by atoms with Crippen LogP contribution in [-0.2, 0) is 6.42 Å². The van der Waals surface area contributed by atoms with Crippen molar-refractivity contribution in [2.45, 2.75) is 12.8 Å². The Morgan fingerprint density at radius 2 is 1.18 bits per heavy atom. The molecule has 4 aromatic heterocycles. The quantitative estimate of drug-likeness (QED) is 0.315. The molecule has 0 aromatic carbocycles. The molecule has 8 bridgehead atoms. The molecule has 5 rings (SSSR count). The van der Waals surface area contributed by atoms with Crippen LogP contribution in [-0.4, -0.2) is 26.5 Å². The van der Waals surface area contributed by atoms with E-state index in [4.69, 9.17) is 5.73 Å². The summed E-state index contributed by atoms with van der Waals surface area (Å²) in [4.78, 5) is 13.9. The fraction of sp³-hybridized carbons (Fsp3) is 0.130. The average molecular weight is 369 g/mol. The Hall–Kier alpha value is -3.44. The first-order valence-corrected chi connectivity index (χ1v) is 9.63. The van der Waals surface area contributed by atoms with Crippen LogP contribution >= 0.6 is 0 Å². The first-order chi connectivity index (χ1) is 13.7. The number of nitrogens with one attached hydrogen (secondary N) is 4. The summed E-state index contributed by atoms with van der Waals surface area (Å²) >= 11 is 0. The van der Waals surface area contributed by atoms with Gasteiger partial charge in [-0.05, 0) is 91.7 Å². The van der Waals surface area contributed by atoms with Crippen molar-refractivity contribution in [3.63, 3.8) is 0 Å². The summed E-state index contributed by atoms with van der Waals surface area (Å²) < 4.78 is 0. The van der Waals surface area contributed by atoms with Gasteiger partial charge in [-0.3, -0.25) is 0 Å². The largest absolute Gasteiger partial charge is 0.355 e. The van der Waals surface area contributed by atoms with Crippen LogP contribution in [0, 0.1) is 0 Å². The van der Waals surface area contributed by atoms with Gasteiger partial charge < -0.3 is 25.7 Å². The van der Waals surface area contributed by atoms with Crippen molar-refractivity contribution in [1.82, 2.24) is 19.9 Å². The second kappa shape index (κ2) is 6.94. The van der Waals surface area contributed by atoms with Crippen molar-refractivity contribution in [1.29, 1.82) is 0 Å². The maximum absolute atomic E-state index is 5.74. The molecule has 1 aliphatic rings. The summed E-state index contributed by atoms with van der Waals surface area (Å²) in [5, 5.41) is 4.34. The molecule has 0 unspecified atom stereocenters. The Kier molecular flexibility index (Phi) is 4.14. The van der Waals surface area contributed by atoms with Crippen molar-refractivity contribution in [2.24, 2.45) is 5.73 Å². The van der Waals surface area contributed by atoms with Crippen molar-refractivity contribution < 1.29 is 0 Å². The first-order valence-electron chi connectivity index (χ1n) is 9.63. The second-order valence-corrected chi connectivity index (χ2v) is 7.24. The highest BCUT2D eigenvalue weighted by atomic mass is 14.8. The molecule has 0 aliphatic carbocycles. The molecule has 0 radical (unpaired) electrons. The Labute approximate surface area is 162 Å². The zero-order valence-corrected chi connectivity index (χ0v) is 15.5. The number of rotatable bonds is 3. The van der Waals surface area contributed by atoms with E-state index < -0.39 is 0 Å². The monoisotopic (exact) mass is 369 g/mol. The minimum atomic E-state index is 0.694. The highest BCUT2D eigenvalue weighted by Crippen LogP contribution is 2.05. The molecule has 28 heavy (non-hydrogen) atoms. The lowest BCUT2D eigenvalue weighted by atomic mass is 10.1. The Bertz CT molecular complexity index is 1360. The fourth-order valence-electron chi connectivity index (χ4n) is 3.70. The molecule has 0 fully saturated rings. The summed E-state index contributed by atoms with van der Waals surface area (Å²) in [6, 6.07) is 14.8. The highest BCUT2D eigenvalue weighted by Gasteiger charge is 2.02. The highest BCUT2D eigenvalue weighted by molar-refractivity contribution is 5.55. The zero-order valence-electron chi connectivity index (χ0n) is 15.5. The third kappa shape index (κ3) is 3.40. The van der Waals surface area contributed by atoms with E-state index in [1.807, 2.05) is 0 Å². The molecular formula is C23H23N5. The average Bonchev–Trinajstić information content (AvgIpc) is 3.45. The summed E-state index contributed by atoms with van der Waals surface area (Å²) in [5.74, 6) is 0. The minimum absolute atomic E-state index is 0.694. The summed E-state index contributed by atoms with van der Waals surface area (Å²) in [5.41, 5.74) is 11.3. The van der Waals surface area contributed by atoms with E-state index in [1.54, 1.807) is 0 Å². The van der Waals surface area contributed by atoms with Gasteiger partial charge in [-0.15, -0.1) is 0 Å². The lowest BCUT2D eigenvalue weighted by Gasteiger charge is -1.95. The molecular weight excluding hydrogens is 346 g/mol. The van der Waals surface area contributed by atoms with Crippen molar-refractivity contribution in [2.75, 3.05) is 6.54 Å². The van der Waals surface area contributed by atoms with E-state index in [2.05, 4.69) is 86.7 Å². The summed E-state index contributed by atoms with van der Waals surface area (Å²) in [6.07, 6.45) is 10.5. The van der Waals surface area contributed by atoms with E-state index in [0.717, 1.165) is 57.0 Å². The lowest BCUT2D eigenvalue weighted by Crippen LogP contribution is -2.13. The van der Waals surface area contributed by atoms with Crippen LogP contribution in [0.3, 0.4) is 0 Å². The molecule has 5 nitrogen and oxygen atoms in total. The van der Waals surface area contributed by atoms with Crippen LogP contribution in [0.5, 0.6) is 0 Å². The molecule has 0 spiro atoms. The van der Waals surface area contributed by atoms with Gasteiger partial charge in [0.25, 0.3) is 0 Å². The number of hydrogen-bond donors (Lipinski definition) is 5. The van der Waals surface area contributed by atoms with Gasteiger partial charge >= 0.3 is 0 Å². The number of aryl methyl sites for hydroxylation is 1. The molecule has 0 saturated heterocycles. The molecule has 0 saturated carbocycles. The molecule has 4 aromatic rings. The summed E-state index contributed by atoms with van der Waals surface area (Å²) in [6.45, 7) is 0.694. The number of aromatic nitrogens is 4. The van der Waals surface area contributed by atoms with Gasteiger partial charge in [-0.2, -0.15) is 0 Å². The molecule has 1 aliphatic heterocycles. The Balaban J connectivity index is 1.74. The molecule has 6 N–H and O–H groups in total. The van der Waals surface area contributed by atoms with E-state index in [1.165, 1.54) is 5.56 Å². The first kappa shape index (κ1) is 16.7. The number of nitrogens with two attached hydrogens (primary N) is 1. The van der Waals surface area contributed by atoms with Gasteiger partial charge in [0.2, 0.25) is 0 Å². The third-order valence-corrected chi connectivity index (χ3v) is 5.03. The number of H-pyrrole nitrogens is 4. The molecule has 5 heterocycles. The standard InChI is InChI=1S/C23H23N5/c24-9-1-2-15-10-22-13-20-6-5-18(26-20)11-16-3-4-17(25-16)12-19-7-8-21(27-19)14-23(15)28-22/h3-8,10-14,25-28H,1-2,9,24H2. The van der Waals surface area contributed by atoms with E-state index in [-0.39, 0.29) is 0 Å². The SMILES string of the molecule is NCCCc1cc2[nH]c1=Cc1ccc([nH]1)C=c1ccc([nH]1)=Cc1ccc([nH]1)C=2. The van der Waals surface area contributed by atoms with E-state index in [0.29, 0.717) is 6.54 Å². The van der Waals surface area contributed by atoms with Crippen LogP contribution in [0.1, 0.15) is 34.8 Å². The normalized spacial score (nSPS) is 12.6. The van der Waals surface area contributed by atoms with Crippen LogP contribution in [0.15, 0.2) is 42.5 Å². The topological polar surface area (TPSA) is 89.2 Å². The molecule has 140 valence electrons. The van der Waals surface area contributed by atoms with Crippen LogP contribution in [0.2, 0.25) is 0 Å². The molecule has 0 amide bonds. The van der Waals surface area contributed by atoms with Gasteiger partial charge in [0.15, 0.2) is 0 Å². The zero-order chi connectivity index (χ0) is 18.9. The van der Waals surface area contributed by atoms with Crippen LogP contribution < -0.4 is 27.1 Å². The van der Waals surface area contributed by atoms with Gasteiger partial charge in [-0.1, -0.05) is 0 Å². The minimum Gasteiger partial charge on any atom is -0.355 e. The van der Waals surface area contributed by atoms with Gasteiger partial charge in [-0.25, -0.2) is 0 Å². The predicted octanol–water partition coefficient (Wildman–Crippen LogP) is 0.519. The Morgan fingerprint density at radius 3 is 1.79 bits per heavy atom. The number of aromatic amines is 4. The smallest absolute Gasteiger partial charge is 0.0438 e. The second-order valence-electron chi connectivity index (χ2n) is 7.24. The maximum Gasteiger partial charge on any atom is 0.0438 e. The lowest BCUT2D eigenvalue weighted by molar-refractivity contribution is 0.829. The van der Waals surface area contributed by atoms with Gasteiger partial charge in [0, 0.05) is 44.2 Å². The molecule has 5 heteroatoms. The van der Waals surface area contributed by atoms with Gasteiger partial charge in [0.1, 0.15) is 0 Å². The molecule has 0 atom stereocenters. The van der Waals surface area contributed by atoms with E-state index >= 15 is 0 Å². The Morgan fingerprint density at radius 1 is 0.607 bits per heavy atom. The maximum atomic E-state index is 5.74. The van der Waals surface area contributed by atoms with Crippen LogP contribution in [0.4, 0.5) is 0 Å². The van der Waals surface area contributed by atoms with E-state index in [9.17, 15) is 0 Å². The van der Waals surface area contributed by atoms with Crippen LogP contribution in [0.25, 0.3) is 24.3 Å². The third-order valence-electron chi connectivity index (χ3n) is 5.03. The fourth-order valence-corrected chi connectivity index (χ4v) is 3.70. The number of fused-ring (bicyclic) bond motifs is 8. The van der Waals surface area contributed by atoms with Gasteiger partial charge in [0.05, 0.1) is 0 Å². The summed E-state index contributed by atoms with van der Waals surface area (Å²) in [7, 11) is 0. The van der Waals surface area contributed by atoms with Crippen molar-refractivity contribution >= 4 is 24.3 Å².